The summed E-state index contributed by atoms with van der Waals surface area (Å²) in [5.74, 6) is 0.516. The normalized spacial score (nSPS) is 10.3. The van der Waals surface area contributed by atoms with E-state index in [1.165, 1.54) is 18.3 Å². The highest BCUT2D eigenvalue weighted by molar-refractivity contribution is 5.20. The topological polar surface area (TPSA) is 22.1 Å². The Morgan fingerprint density at radius 2 is 2.25 bits per heavy atom. The van der Waals surface area contributed by atoms with E-state index in [0.717, 1.165) is 0 Å². The van der Waals surface area contributed by atoms with E-state index >= 15 is 0 Å². The van der Waals surface area contributed by atoms with E-state index in [2.05, 4.69) is 4.98 Å². The molecule has 4 heteroatoms. The van der Waals surface area contributed by atoms with Gasteiger partial charge in [0.1, 0.15) is 11.4 Å². The molecule has 0 bridgehead atoms. The first-order valence-electron chi connectivity index (χ1n) is 3.61. The van der Waals surface area contributed by atoms with Gasteiger partial charge in [-0.3, -0.25) is 4.98 Å². The molecule has 66 valence electrons. The number of pyridine rings is 1. The Labute approximate surface area is 69.2 Å². The van der Waals surface area contributed by atoms with Gasteiger partial charge in [-0.05, 0) is 19.1 Å². The summed E-state index contributed by atoms with van der Waals surface area (Å²) in [4.78, 5) is 3.52. The minimum atomic E-state index is -2.51. The minimum Gasteiger partial charge on any atom is -0.492 e. The summed E-state index contributed by atoms with van der Waals surface area (Å²) in [6, 6.07) is 2.74. The number of hydrogen-bond donors (Lipinski definition) is 0. The predicted octanol–water partition coefficient (Wildman–Crippen LogP) is 2.42. The van der Waals surface area contributed by atoms with Gasteiger partial charge in [0.25, 0.3) is 6.43 Å². The van der Waals surface area contributed by atoms with Crippen LogP contribution >= 0.6 is 0 Å². The van der Waals surface area contributed by atoms with Crippen molar-refractivity contribution in [2.75, 3.05) is 6.61 Å². The van der Waals surface area contributed by atoms with E-state index < -0.39 is 6.43 Å². The lowest BCUT2D eigenvalue weighted by Gasteiger charge is -2.02. The molecule has 0 saturated heterocycles. The van der Waals surface area contributed by atoms with Crippen LogP contribution in [0, 0.1) is 0 Å². The fourth-order valence-corrected chi connectivity index (χ4v) is 0.773. The monoisotopic (exact) mass is 173 g/mol. The van der Waals surface area contributed by atoms with Crippen LogP contribution < -0.4 is 4.74 Å². The van der Waals surface area contributed by atoms with Crippen molar-refractivity contribution in [2.45, 2.75) is 13.3 Å². The van der Waals surface area contributed by atoms with Crippen LogP contribution in [0.1, 0.15) is 19.0 Å². The van der Waals surface area contributed by atoms with E-state index in [9.17, 15) is 8.78 Å². The third kappa shape index (κ3) is 2.15. The quantitative estimate of drug-likeness (QED) is 0.700. The zero-order valence-electron chi connectivity index (χ0n) is 6.63. The first-order valence-corrected chi connectivity index (χ1v) is 3.61. The summed E-state index contributed by atoms with van der Waals surface area (Å²) in [6.45, 7) is 2.33. The molecular formula is C8H9F2NO. The van der Waals surface area contributed by atoms with E-state index in [1.54, 1.807) is 0 Å². The molecule has 1 aromatic heterocycles. The number of hydrogen-bond acceptors (Lipinski definition) is 2. The third-order valence-corrected chi connectivity index (χ3v) is 1.29. The molecule has 0 spiro atoms. The van der Waals surface area contributed by atoms with Crippen LogP contribution in [0.5, 0.6) is 5.75 Å². The van der Waals surface area contributed by atoms with Crippen molar-refractivity contribution in [2.24, 2.45) is 0 Å². The molecule has 0 amide bonds. The molecule has 0 unspecified atom stereocenters. The van der Waals surface area contributed by atoms with Crippen LogP contribution in [0.15, 0.2) is 18.3 Å². The highest BCUT2D eigenvalue weighted by Crippen LogP contribution is 2.18. The Bertz CT molecular complexity index is 235. The fourth-order valence-electron chi connectivity index (χ4n) is 0.773. The summed E-state index contributed by atoms with van der Waals surface area (Å²) >= 11 is 0. The average molecular weight is 173 g/mol. The number of halogens is 2. The van der Waals surface area contributed by atoms with Crippen LogP contribution in [-0.4, -0.2) is 11.6 Å². The maximum atomic E-state index is 12.0. The highest BCUT2D eigenvalue weighted by atomic mass is 19.3. The summed E-state index contributed by atoms with van der Waals surface area (Å²) in [7, 11) is 0. The Balaban J connectivity index is 2.71. The van der Waals surface area contributed by atoms with Gasteiger partial charge in [0.2, 0.25) is 0 Å². The van der Waals surface area contributed by atoms with Gasteiger partial charge in [-0.15, -0.1) is 0 Å². The SMILES string of the molecule is CCOc1ccc(C(F)F)nc1. The molecule has 0 saturated carbocycles. The molecule has 1 aromatic rings. The lowest BCUT2D eigenvalue weighted by molar-refractivity contribution is 0.146. The molecule has 1 heterocycles. The summed E-state index contributed by atoms with van der Waals surface area (Å²) < 4.78 is 29.0. The number of alkyl halides is 2. The smallest absolute Gasteiger partial charge is 0.280 e. The van der Waals surface area contributed by atoms with Gasteiger partial charge in [-0.25, -0.2) is 8.78 Å². The van der Waals surface area contributed by atoms with Crippen LogP contribution in [0.2, 0.25) is 0 Å². The van der Waals surface area contributed by atoms with Crippen LogP contribution in [0.3, 0.4) is 0 Å². The van der Waals surface area contributed by atoms with Crippen molar-refractivity contribution in [1.82, 2.24) is 4.98 Å². The third-order valence-electron chi connectivity index (χ3n) is 1.29. The maximum Gasteiger partial charge on any atom is 0.280 e. The molecule has 2 nitrogen and oxygen atoms in total. The van der Waals surface area contributed by atoms with Gasteiger partial charge in [-0.2, -0.15) is 0 Å². The summed E-state index contributed by atoms with van der Waals surface area (Å²) in [6.07, 6.45) is -1.22. The van der Waals surface area contributed by atoms with Gasteiger partial charge in [0.05, 0.1) is 12.8 Å². The second kappa shape index (κ2) is 3.99. The Kier molecular flexibility index (Phi) is 2.96. The zero-order chi connectivity index (χ0) is 8.97. The second-order valence-corrected chi connectivity index (χ2v) is 2.15. The van der Waals surface area contributed by atoms with Crippen molar-refractivity contribution in [3.8, 4) is 5.75 Å². The summed E-state index contributed by atoms with van der Waals surface area (Å²) in [5, 5.41) is 0. The van der Waals surface area contributed by atoms with Crippen LogP contribution in [0.4, 0.5) is 8.78 Å². The van der Waals surface area contributed by atoms with Gasteiger partial charge in [0, 0.05) is 0 Å². The predicted molar refractivity (Wildman–Crippen MR) is 40.4 cm³/mol. The second-order valence-electron chi connectivity index (χ2n) is 2.15. The number of rotatable bonds is 3. The van der Waals surface area contributed by atoms with Crippen molar-refractivity contribution in [3.05, 3.63) is 24.0 Å². The average Bonchev–Trinajstić information content (AvgIpc) is 2.06. The summed E-state index contributed by atoms with van der Waals surface area (Å²) in [5.41, 5.74) is -0.224. The van der Waals surface area contributed by atoms with E-state index in [-0.39, 0.29) is 5.69 Å². The van der Waals surface area contributed by atoms with Gasteiger partial charge in [-0.1, -0.05) is 0 Å². The highest BCUT2D eigenvalue weighted by Gasteiger charge is 2.07. The lowest BCUT2D eigenvalue weighted by atomic mass is 10.3. The molecule has 0 fully saturated rings. The van der Waals surface area contributed by atoms with Gasteiger partial charge in [0.15, 0.2) is 0 Å². The molecule has 0 aromatic carbocycles. The van der Waals surface area contributed by atoms with Crippen molar-refractivity contribution in [1.29, 1.82) is 0 Å². The Morgan fingerprint density at radius 3 is 2.67 bits per heavy atom. The molecule has 0 N–H and O–H groups in total. The molecule has 0 radical (unpaired) electrons. The van der Waals surface area contributed by atoms with E-state index in [1.807, 2.05) is 6.92 Å². The molecule has 0 aliphatic rings. The van der Waals surface area contributed by atoms with Crippen molar-refractivity contribution < 1.29 is 13.5 Å². The van der Waals surface area contributed by atoms with Crippen LogP contribution in [-0.2, 0) is 0 Å². The van der Waals surface area contributed by atoms with Gasteiger partial charge < -0.3 is 4.74 Å². The molecule has 12 heavy (non-hydrogen) atoms. The largest absolute Gasteiger partial charge is 0.492 e. The molecule has 0 atom stereocenters. The molecule has 0 aliphatic carbocycles. The molecular weight excluding hydrogens is 164 g/mol. The minimum absolute atomic E-state index is 0.224. The fraction of sp³-hybridized carbons (Fsp3) is 0.375. The Morgan fingerprint density at radius 1 is 1.50 bits per heavy atom. The van der Waals surface area contributed by atoms with Crippen molar-refractivity contribution >= 4 is 0 Å². The van der Waals surface area contributed by atoms with E-state index in [4.69, 9.17) is 4.74 Å². The lowest BCUT2D eigenvalue weighted by Crippen LogP contribution is -1.94. The first kappa shape index (κ1) is 8.90. The molecule has 1 rings (SSSR count). The van der Waals surface area contributed by atoms with E-state index in [0.29, 0.717) is 12.4 Å². The number of nitrogens with zero attached hydrogens (tertiary/aromatic N) is 1. The van der Waals surface area contributed by atoms with Crippen LogP contribution in [0.25, 0.3) is 0 Å². The number of ether oxygens (including phenoxy) is 1. The Hall–Kier alpha value is -1.19. The standard InChI is InChI=1S/C8H9F2NO/c1-2-12-6-3-4-7(8(9)10)11-5-6/h3-5,8H,2H2,1H3. The van der Waals surface area contributed by atoms with Crippen molar-refractivity contribution in [3.63, 3.8) is 0 Å². The number of aromatic nitrogens is 1. The van der Waals surface area contributed by atoms with Gasteiger partial charge >= 0.3 is 0 Å². The zero-order valence-corrected chi connectivity index (χ0v) is 6.63. The first-order chi connectivity index (χ1) is 5.74. The maximum absolute atomic E-state index is 12.0. The molecule has 0 aliphatic heterocycles.